The SMILES string of the molecule is O=C(c1ccccc1)c1cccc(NCC(F)(F)F)c1Cl. The van der Waals surface area contributed by atoms with Crippen molar-refractivity contribution in [1.82, 2.24) is 0 Å². The number of rotatable bonds is 4. The zero-order chi connectivity index (χ0) is 15.5. The fraction of sp³-hybridized carbons (Fsp3) is 0.133. The van der Waals surface area contributed by atoms with E-state index in [1.807, 2.05) is 0 Å². The van der Waals surface area contributed by atoms with Crippen molar-refractivity contribution in [1.29, 1.82) is 0 Å². The number of hydrogen-bond acceptors (Lipinski definition) is 2. The molecule has 21 heavy (non-hydrogen) atoms. The van der Waals surface area contributed by atoms with Gasteiger partial charge < -0.3 is 5.32 Å². The Balaban J connectivity index is 2.28. The van der Waals surface area contributed by atoms with E-state index in [2.05, 4.69) is 5.32 Å². The minimum absolute atomic E-state index is 0.0180. The summed E-state index contributed by atoms with van der Waals surface area (Å²) in [5.74, 6) is -0.337. The van der Waals surface area contributed by atoms with Gasteiger partial charge in [-0.1, -0.05) is 48.0 Å². The smallest absolute Gasteiger partial charge is 0.375 e. The lowest BCUT2D eigenvalue weighted by molar-refractivity contribution is -0.115. The first-order valence-corrected chi connectivity index (χ1v) is 6.45. The van der Waals surface area contributed by atoms with Crippen LogP contribution < -0.4 is 5.32 Å². The molecule has 110 valence electrons. The van der Waals surface area contributed by atoms with E-state index < -0.39 is 12.7 Å². The molecule has 0 atom stereocenters. The maximum atomic E-state index is 12.3. The summed E-state index contributed by atoms with van der Waals surface area (Å²) in [7, 11) is 0. The number of halogens is 4. The summed E-state index contributed by atoms with van der Waals surface area (Å²) in [6, 6.07) is 12.8. The van der Waals surface area contributed by atoms with Crippen molar-refractivity contribution in [3.63, 3.8) is 0 Å². The third-order valence-electron chi connectivity index (χ3n) is 2.76. The van der Waals surface area contributed by atoms with E-state index in [-0.39, 0.29) is 22.1 Å². The molecule has 0 saturated carbocycles. The highest BCUT2D eigenvalue weighted by molar-refractivity contribution is 6.37. The first-order valence-electron chi connectivity index (χ1n) is 6.07. The largest absolute Gasteiger partial charge is 0.405 e. The Kier molecular flexibility index (Phi) is 4.53. The molecule has 0 spiro atoms. The molecule has 2 aromatic carbocycles. The predicted molar refractivity (Wildman–Crippen MR) is 75.9 cm³/mol. The molecular weight excluding hydrogens is 303 g/mol. The quantitative estimate of drug-likeness (QED) is 0.839. The van der Waals surface area contributed by atoms with Crippen LogP contribution in [0.5, 0.6) is 0 Å². The zero-order valence-electron chi connectivity index (χ0n) is 10.7. The summed E-state index contributed by atoms with van der Waals surface area (Å²) in [6.45, 7) is -1.21. The van der Waals surface area contributed by atoms with Crippen molar-refractivity contribution in [2.24, 2.45) is 0 Å². The van der Waals surface area contributed by atoms with Gasteiger partial charge in [0.1, 0.15) is 6.54 Å². The number of ketones is 1. The first kappa shape index (κ1) is 15.4. The van der Waals surface area contributed by atoms with Crippen LogP contribution in [-0.4, -0.2) is 18.5 Å². The lowest BCUT2D eigenvalue weighted by Gasteiger charge is -2.13. The van der Waals surface area contributed by atoms with Gasteiger partial charge >= 0.3 is 6.18 Å². The van der Waals surface area contributed by atoms with E-state index in [0.29, 0.717) is 5.56 Å². The van der Waals surface area contributed by atoms with Crippen LogP contribution in [-0.2, 0) is 0 Å². The Hall–Kier alpha value is -2.01. The summed E-state index contributed by atoms with van der Waals surface area (Å²) in [4.78, 5) is 12.3. The average molecular weight is 314 g/mol. The molecule has 2 aromatic rings. The van der Waals surface area contributed by atoms with Gasteiger partial charge in [0.15, 0.2) is 5.78 Å². The molecule has 0 saturated heterocycles. The van der Waals surface area contributed by atoms with Crippen LogP contribution in [0.3, 0.4) is 0 Å². The van der Waals surface area contributed by atoms with Gasteiger partial charge in [-0.05, 0) is 12.1 Å². The summed E-state index contributed by atoms with van der Waals surface area (Å²) in [6.07, 6.45) is -4.36. The van der Waals surface area contributed by atoms with Crippen LogP contribution in [0.4, 0.5) is 18.9 Å². The maximum absolute atomic E-state index is 12.3. The predicted octanol–water partition coefficient (Wildman–Crippen LogP) is 4.55. The molecule has 0 bridgehead atoms. The van der Waals surface area contributed by atoms with Crippen molar-refractivity contribution in [3.8, 4) is 0 Å². The summed E-state index contributed by atoms with van der Waals surface area (Å²) < 4.78 is 36.7. The number of alkyl halides is 3. The topological polar surface area (TPSA) is 29.1 Å². The van der Waals surface area contributed by atoms with Crippen LogP contribution in [0, 0.1) is 0 Å². The second-order valence-corrected chi connectivity index (χ2v) is 4.71. The van der Waals surface area contributed by atoms with Gasteiger partial charge in [-0.25, -0.2) is 0 Å². The Morgan fingerprint density at radius 3 is 2.33 bits per heavy atom. The van der Waals surface area contributed by atoms with Gasteiger partial charge in [0, 0.05) is 11.1 Å². The fourth-order valence-electron chi connectivity index (χ4n) is 1.78. The molecule has 2 rings (SSSR count). The van der Waals surface area contributed by atoms with E-state index in [4.69, 9.17) is 11.6 Å². The number of nitrogens with one attached hydrogen (secondary N) is 1. The summed E-state index contributed by atoms with van der Waals surface area (Å²) >= 11 is 6.03. The third kappa shape index (κ3) is 3.98. The van der Waals surface area contributed by atoms with Crippen LogP contribution in [0.15, 0.2) is 48.5 Å². The van der Waals surface area contributed by atoms with E-state index in [1.165, 1.54) is 18.2 Å². The van der Waals surface area contributed by atoms with Gasteiger partial charge in [-0.2, -0.15) is 13.2 Å². The van der Waals surface area contributed by atoms with Crippen LogP contribution in [0.25, 0.3) is 0 Å². The summed E-state index contributed by atoms with van der Waals surface area (Å²) in [5.41, 5.74) is 0.665. The molecule has 0 amide bonds. The van der Waals surface area contributed by atoms with E-state index >= 15 is 0 Å². The van der Waals surface area contributed by atoms with E-state index in [9.17, 15) is 18.0 Å². The average Bonchev–Trinajstić information content (AvgIpc) is 2.45. The van der Waals surface area contributed by atoms with Gasteiger partial charge in [0.25, 0.3) is 0 Å². The molecule has 0 aliphatic carbocycles. The monoisotopic (exact) mass is 313 g/mol. The highest BCUT2D eigenvalue weighted by Gasteiger charge is 2.27. The minimum atomic E-state index is -4.36. The maximum Gasteiger partial charge on any atom is 0.405 e. The van der Waals surface area contributed by atoms with Crippen molar-refractivity contribution in [3.05, 3.63) is 64.7 Å². The Morgan fingerprint density at radius 2 is 1.71 bits per heavy atom. The number of benzene rings is 2. The second kappa shape index (κ2) is 6.18. The Bertz CT molecular complexity index is 641. The lowest BCUT2D eigenvalue weighted by atomic mass is 10.0. The van der Waals surface area contributed by atoms with Crippen molar-refractivity contribution < 1.29 is 18.0 Å². The van der Waals surface area contributed by atoms with Crippen LogP contribution >= 0.6 is 11.6 Å². The van der Waals surface area contributed by atoms with Crippen molar-refractivity contribution >= 4 is 23.1 Å². The van der Waals surface area contributed by atoms with Gasteiger partial charge in [-0.15, -0.1) is 0 Å². The van der Waals surface area contributed by atoms with Crippen LogP contribution in [0.1, 0.15) is 15.9 Å². The van der Waals surface area contributed by atoms with Gasteiger partial charge in [-0.3, -0.25) is 4.79 Å². The fourth-order valence-corrected chi connectivity index (χ4v) is 2.06. The molecule has 6 heteroatoms. The molecule has 2 nitrogen and oxygen atoms in total. The summed E-state index contributed by atoms with van der Waals surface area (Å²) in [5, 5.41) is 2.17. The number of hydrogen-bond donors (Lipinski definition) is 1. The van der Waals surface area contributed by atoms with E-state index in [0.717, 1.165) is 0 Å². The van der Waals surface area contributed by atoms with Gasteiger partial charge in [0.05, 0.1) is 10.7 Å². The molecule has 0 aliphatic heterocycles. The van der Waals surface area contributed by atoms with E-state index in [1.54, 1.807) is 30.3 Å². The number of carbonyl (C=O) groups is 1. The number of carbonyl (C=O) groups excluding carboxylic acids is 1. The standard InChI is InChI=1S/C15H11ClF3NO/c16-13-11(14(21)10-5-2-1-3-6-10)7-4-8-12(13)20-9-15(17,18)19/h1-8,20H,9H2. The molecule has 0 unspecified atom stereocenters. The molecule has 0 fully saturated rings. The molecule has 0 aromatic heterocycles. The zero-order valence-corrected chi connectivity index (χ0v) is 11.5. The van der Waals surface area contributed by atoms with Crippen LogP contribution in [0.2, 0.25) is 5.02 Å². The lowest BCUT2D eigenvalue weighted by Crippen LogP contribution is -2.21. The normalized spacial score (nSPS) is 11.2. The third-order valence-corrected chi connectivity index (χ3v) is 3.17. The molecule has 0 aliphatic rings. The number of anilines is 1. The molecule has 0 radical (unpaired) electrons. The highest BCUT2D eigenvalue weighted by atomic mass is 35.5. The molecule has 0 heterocycles. The Labute approximate surface area is 124 Å². The van der Waals surface area contributed by atoms with Crippen molar-refractivity contribution in [2.75, 3.05) is 11.9 Å². The molecular formula is C15H11ClF3NO. The Morgan fingerprint density at radius 1 is 1.05 bits per heavy atom. The minimum Gasteiger partial charge on any atom is -0.375 e. The first-order chi connectivity index (χ1) is 9.88. The highest BCUT2D eigenvalue weighted by Crippen LogP contribution is 2.29. The van der Waals surface area contributed by atoms with Crippen molar-refractivity contribution in [2.45, 2.75) is 6.18 Å². The molecule has 1 N–H and O–H groups in total. The second-order valence-electron chi connectivity index (χ2n) is 4.33. The van der Waals surface area contributed by atoms with Gasteiger partial charge in [0.2, 0.25) is 0 Å².